The molecule has 0 fully saturated rings. The Morgan fingerprint density at radius 3 is 2.71 bits per heavy atom. The maximum absolute atomic E-state index is 5.69. The molecule has 0 saturated carbocycles. The number of fused-ring (bicyclic) bond motifs is 1. The van der Waals surface area contributed by atoms with Gasteiger partial charge in [0.1, 0.15) is 5.75 Å². The van der Waals surface area contributed by atoms with E-state index < -0.39 is 0 Å². The lowest BCUT2D eigenvalue weighted by Gasteiger charge is -2.24. The second-order valence-electron chi connectivity index (χ2n) is 6.24. The van der Waals surface area contributed by atoms with Crippen LogP contribution in [0.25, 0.3) is 10.9 Å². The lowest BCUT2D eigenvalue weighted by atomic mass is 10.0. The highest BCUT2D eigenvalue weighted by molar-refractivity contribution is 5.81. The van der Waals surface area contributed by atoms with Crippen LogP contribution in [-0.4, -0.2) is 23.3 Å². The van der Waals surface area contributed by atoms with E-state index in [9.17, 15) is 0 Å². The molecule has 3 heteroatoms. The molecule has 2 rings (SSSR count). The van der Waals surface area contributed by atoms with Crippen molar-refractivity contribution < 1.29 is 4.74 Å². The van der Waals surface area contributed by atoms with E-state index >= 15 is 0 Å². The average molecular weight is 288 g/mol. The van der Waals surface area contributed by atoms with Crippen molar-refractivity contribution in [3.63, 3.8) is 0 Å². The van der Waals surface area contributed by atoms with Gasteiger partial charge in [-0.2, -0.15) is 0 Å². The van der Waals surface area contributed by atoms with Crippen LogP contribution in [0.4, 0.5) is 0 Å². The largest absolute Gasteiger partial charge is 0.494 e. The summed E-state index contributed by atoms with van der Waals surface area (Å²) >= 11 is 0. The summed E-state index contributed by atoms with van der Waals surface area (Å²) in [6.07, 6.45) is 4.34. The van der Waals surface area contributed by atoms with E-state index in [0.717, 1.165) is 38.3 Å². The van der Waals surface area contributed by atoms with E-state index in [0.29, 0.717) is 0 Å². The van der Waals surface area contributed by atoms with Crippen LogP contribution in [0.5, 0.6) is 5.75 Å². The van der Waals surface area contributed by atoms with Gasteiger partial charge in [-0.25, -0.2) is 0 Å². The van der Waals surface area contributed by atoms with E-state index in [1.165, 1.54) is 10.9 Å². The summed E-state index contributed by atoms with van der Waals surface area (Å²) in [5, 5.41) is 4.85. The summed E-state index contributed by atoms with van der Waals surface area (Å²) < 4.78 is 7.99. The van der Waals surface area contributed by atoms with Gasteiger partial charge >= 0.3 is 0 Å². The number of hydrogen-bond donors (Lipinski definition) is 1. The second kappa shape index (κ2) is 6.99. The van der Waals surface area contributed by atoms with Crippen LogP contribution >= 0.6 is 0 Å². The van der Waals surface area contributed by atoms with Gasteiger partial charge < -0.3 is 14.6 Å². The molecule has 1 aromatic heterocycles. The van der Waals surface area contributed by atoms with Gasteiger partial charge in [0, 0.05) is 35.7 Å². The Kier molecular flexibility index (Phi) is 5.29. The van der Waals surface area contributed by atoms with Gasteiger partial charge in [-0.1, -0.05) is 13.8 Å². The quantitative estimate of drug-likeness (QED) is 0.787. The van der Waals surface area contributed by atoms with E-state index in [-0.39, 0.29) is 5.54 Å². The minimum absolute atomic E-state index is 0.212. The molecule has 0 atom stereocenters. The van der Waals surface area contributed by atoms with Gasteiger partial charge in [-0.05, 0) is 51.0 Å². The average Bonchev–Trinajstić information content (AvgIpc) is 2.87. The van der Waals surface area contributed by atoms with Crippen LogP contribution < -0.4 is 10.1 Å². The third-order valence-corrected chi connectivity index (χ3v) is 4.06. The Morgan fingerprint density at radius 2 is 2.00 bits per heavy atom. The van der Waals surface area contributed by atoms with Crippen molar-refractivity contribution in [3.8, 4) is 5.75 Å². The Bertz CT molecular complexity index is 572. The topological polar surface area (TPSA) is 26.2 Å². The Labute approximate surface area is 128 Å². The normalized spacial score (nSPS) is 12.0. The van der Waals surface area contributed by atoms with Gasteiger partial charge in [-0.3, -0.25) is 0 Å². The molecular weight excluding hydrogens is 260 g/mol. The summed E-state index contributed by atoms with van der Waals surface area (Å²) in [7, 11) is 0. The van der Waals surface area contributed by atoms with Gasteiger partial charge in [0.2, 0.25) is 0 Å². The van der Waals surface area contributed by atoms with Crippen molar-refractivity contribution in [3.05, 3.63) is 30.5 Å². The van der Waals surface area contributed by atoms with Crippen LogP contribution in [0.15, 0.2) is 30.5 Å². The molecule has 0 amide bonds. The molecule has 0 aliphatic rings. The summed E-state index contributed by atoms with van der Waals surface area (Å²) in [4.78, 5) is 0. The Balaban J connectivity index is 2.01. The molecule has 1 heterocycles. The Hall–Kier alpha value is -1.48. The zero-order valence-electron chi connectivity index (χ0n) is 13.8. The molecule has 1 aromatic carbocycles. The predicted octanol–water partition coefficient (Wildman–Crippen LogP) is 4.21. The highest BCUT2D eigenvalue weighted by Crippen LogP contribution is 2.22. The zero-order valence-corrected chi connectivity index (χ0v) is 13.8. The molecule has 0 unspecified atom stereocenters. The molecule has 2 aromatic rings. The molecular formula is C18H28N2O. The van der Waals surface area contributed by atoms with Crippen LogP contribution in [0.1, 0.15) is 40.5 Å². The van der Waals surface area contributed by atoms with Gasteiger partial charge in [0.25, 0.3) is 0 Å². The van der Waals surface area contributed by atoms with Crippen molar-refractivity contribution >= 4 is 10.9 Å². The highest BCUT2D eigenvalue weighted by atomic mass is 16.5. The van der Waals surface area contributed by atoms with Crippen molar-refractivity contribution in [1.29, 1.82) is 0 Å². The number of rotatable bonds is 8. The van der Waals surface area contributed by atoms with Crippen molar-refractivity contribution in [2.45, 2.75) is 52.6 Å². The first-order valence-electron chi connectivity index (χ1n) is 8.02. The summed E-state index contributed by atoms with van der Waals surface area (Å²) in [5.41, 5.74) is 1.49. The third kappa shape index (κ3) is 4.24. The maximum Gasteiger partial charge on any atom is 0.120 e. The predicted molar refractivity (Wildman–Crippen MR) is 90.1 cm³/mol. The smallest absolute Gasteiger partial charge is 0.120 e. The van der Waals surface area contributed by atoms with Gasteiger partial charge in [0.15, 0.2) is 0 Å². The van der Waals surface area contributed by atoms with E-state index in [1.807, 2.05) is 0 Å². The van der Waals surface area contributed by atoms with Crippen LogP contribution in [0.2, 0.25) is 0 Å². The number of aromatic nitrogens is 1. The summed E-state index contributed by atoms with van der Waals surface area (Å²) in [5.74, 6) is 0.965. The van der Waals surface area contributed by atoms with Crippen LogP contribution in [0.3, 0.4) is 0 Å². The standard InChI is InChI=1S/C18H28N2O/c1-5-13-21-16-7-8-17-15(14-16)9-11-20(17)12-10-19-18(3,4)6-2/h7-9,11,14,19H,5-6,10,12-13H2,1-4H3. The molecule has 0 saturated heterocycles. The third-order valence-electron chi connectivity index (χ3n) is 4.06. The van der Waals surface area contributed by atoms with Crippen molar-refractivity contribution in [2.24, 2.45) is 0 Å². The van der Waals surface area contributed by atoms with E-state index in [2.05, 4.69) is 68.0 Å². The fourth-order valence-corrected chi connectivity index (χ4v) is 2.32. The number of ether oxygens (including phenoxy) is 1. The van der Waals surface area contributed by atoms with Crippen molar-refractivity contribution in [1.82, 2.24) is 9.88 Å². The fourth-order valence-electron chi connectivity index (χ4n) is 2.32. The minimum Gasteiger partial charge on any atom is -0.494 e. The molecule has 0 radical (unpaired) electrons. The van der Waals surface area contributed by atoms with Crippen LogP contribution in [0, 0.1) is 0 Å². The minimum atomic E-state index is 0.212. The first-order chi connectivity index (χ1) is 10.1. The number of nitrogens with one attached hydrogen (secondary N) is 1. The lowest BCUT2D eigenvalue weighted by molar-refractivity contribution is 0.318. The molecule has 0 aliphatic heterocycles. The molecule has 0 bridgehead atoms. The van der Waals surface area contributed by atoms with Gasteiger partial charge in [0.05, 0.1) is 6.61 Å². The zero-order chi connectivity index (χ0) is 15.3. The first kappa shape index (κ1) is 15.9. The first-order valence-corrected chi connectivity index (χ1v) is 8.02. The maximum atomic E-state index is 5.69. The van der Waals surface area contributed by atoms with E-state index in [1.54, 1.807) is 0 Å². The molecule has 1 N–H and O–H groups in total. The molecule has 116 valence electrons. The van der Waals surface area contributed by atoms with E-state index in [4.69, 9.17) is 4.74 Å². The summed E-state index contributed by atoms with van der Waals surface area (Å²) in [6.45, 7) is 11.6. The Morgan fingerprint density at radius 1 is 1.19 bits per heavy atom. The van der Waals surface area contributed by atoms with Crippen LogP contribution in [-0.2, 0) is 6.54 Å². The van der Waals surface area contributed by atoms with Crippen molar-refractivity contribution in [2.75, 3.05) is 13.2 Å². The molecule has 3 nitrogen and oxygen atoms in total. The molecule has 0 aliphatic carbocycles. The fraction of sp³-hybridized carbons (Fsp3) is 0.556. The lowest BCUT2D eigenvalue weighted by Crippen LogP contribution is -2.40. The SMILES string of the molecule is CCCOc1ccc2c(ccn2CCNC(C)(C)CC)c1. The number of hydrogen-bond acceptors (Lipinski definition) is 2. The monoisotopic (exact) mass is 288 g/mol. The number of nitrogens with zero attached hydrogens (tertiary/aromatic N) is 1. The number of benzene rings is 1. The highest BCUT2D eigenvalue weighted by Gasteiger charge is 2.13. The second-order valence-corrected chi connectivity index (χ2v) is 6.24. The molecule has 0 spiro atoms. The summed E-state index contributed by atoms with van der Waals surface area (Å²) in [6, 6.07) is 8.52. The molecule has 21 heavy (non-hydrogen) atoms. The van der Waals surface area contributed by atoms with Gasteiger partial charge in [-0.15, -0.1) is 0 Å².